The third-order valence-corrected chi connectivity index (χ3v) is 3.36. The highest BCUT2D eigenvalue weighted by atomic mass is 127. The Morgan fingerprint density at radius 1 is 1.47 bits per heavy atom. The van der Waals surface area contributed by atoms with Gasteiger partial charge in [-0.25, -0.2) is 4.79 Å². The summed E-state index contributed by atoms with van der Waals surface area (Å²) < 4.78 is 11.2. The molecule has 15 heavy (non-hydrogen) atoms. The largest absolute Gasteiger partial charge is 0.467 e. The molecule has 0 aliphatic carbocycles. The van der Waals surface area contributed by atoms with Crippen molar-refractivity contribution in [2.24, 2.45) is 0 Å². The maximum absolute atomic E-state index is 11.3. The van der Waals surface area contributed by atoms with Crippen molar-refractivity contribution >= 4 is 28.6 Å². The van der Waals surface area contributed by atoms with Gasteiger partial charge in [0.15, 0.2) is 6.10 Å². The normalized spacial score (nSPS) is 28.6. The van der Waals surface area contributed by atoms with E-state index >= 15 is 0 Å². The first kappa shape index (κ1) is 10.9. The summed E-state index contributed by atoms with van der Waals surface area (Å²) in [5, 5.41) is 0. The third kappa shape index (κ3) is 1.88. The summed E-state index contributed by atoms with van der Waals surface area (Å²) in [6.45, 7) is 1.90. The number of ether oxygens (including phenoxy) is 2. The Hall–Kier alpha value is -0.620. The van der Waals surface area contributed by atoms with Gasteiger partial charge in [0.1, 0.15) is 5.60 Å². The SMILES string of the molecule is COC(=O)C1OC1(C)c1ccc(I)cc1. The maximum atomic E-state index is 11.3. The number of hydrogen-bond donors (Lipinski definition) is 0. The Balaban J connectivity index is 2.19. The van der Waals surface area contributed by atoms with Gasteiger partial charge in [0.2, 0.25) is 0 Å². The van der Waals surface area contributed by atoms with Crippen LogP contribution in [0.2, 0.25) is 0 Å². The predicted octanol–water partition coefficient (Wildman–Crippen LogP) is 2.08. The number of epoxide rings is 1. The summed E-state index contributed by atoms with van der Waals surface area (Å²) in [6, 6.07) is 7.95. The fourth-order valence-corrected chi connectivity index (χ4v) is 1.95. The predicted molar refractivity (Wildman–Crippen MR) is 63.4 cm³/mol. The van der Waals surface area contributed by atoms with Gasteiger partial charge in [-0.15, -0.1) is 0 Å². The Kier molecular flexibility index (Phi) is 2.72. The van der Waals surface area contributed by atoms with Gasteiger partial charge in [-0.05, 0) is 47.2 Å². The van der Waals surface area contributed by atoms with E-state index in [1.54, 1.807) is 0 Å². The molecule has 0 bridgehead atoms. The Morgan fingerprint density at radius 2 is 2.07 bits per heavy atom. The zero-order valence-corrected chi connectivity index (χ0v) is 10.6. The molecule has 0 saturated carbocycles. The number of hydrogen-bond acceptors (Lipinski definition) is 3. The Morgan fingerprint density at radius 3 is 2.60 bits per heavy atom. The van der Waals surface area contributed by atoms with Crippen molar-refractivity contribution < 1.29 is 14.3 Å². The lowest BCUT2D eigenvalue weighted by Gasteiger charge is -2.05. The number of rotatable bonds is 2. The van der Waals surface area contributed by atoms with Crippen molar-refractivity contribution in [1.29, 1.82) is 0 Å². The highest BCUT2D eigenvalue weighted by molar-refractivity contribution is 14.1. The molecule has 1 aliphatic heterocycles. The van der Waals surface area contributed by atoms with Gasteiger partial charge in [-0.1, -0.05) is 12.1 Å². The lowest BCUT2D eigenvalue weighted by Crippen LogP contribution is -2.17. The quantitative estimate of drug-likeness (QED) is 0.476. The minimum absolute atomic E-state index is 0.309. The molecule has 4 heteroatoms. The molecule has 1 aromatic rings. The van der Waals surface area contributed by atoms with E-state index < -0.39 is 11.7 Å². The van der Waals surface area contributed by atoms with E-state index in [1.165, 1.54) is 7.11 Å². The van der Waals surface area contributed by atoms with Crippen LogP contribution >= 0.6 is 22.6 Å². The van der Waals surface area contributed by atoms with Crippen LogP contribution in [0.4, 0.5) is 0 Å². The Labute approximate surface area is 102 Å². The molecule has 2 unspecified atom stereocenters. The van der Waals surface area contributed by atoms with E-state index in [1.807, 2.05) is 31.2 Å². The van der Waals surface area contributed by atoms with E-state index in [-0.39, 0.29) is 5.97 Å². The monoisotopic (exact) mass is 318 g/mol. The molecule has 0 spiro atoms. The highest BCUT2D eigenvalue weighted by Crippen LogP contribution is 2.46. The lowest BCUT2D eigenvalue weighted by molar-refractivity contribution is -0.142. The molecule has 1 heterocycles. The van der Waals surface area contributed by atoms with Gasteiger partial charge in [-0.2, -0.15) is 0 Å². The average molecular weight is 318 g/mol. The van der Waals surface area contributed by atoms with E-state index in [0.717, 1.165) is 9.13 Å². The number of esters is 1. The molecule has 0 aromatic heterocycles. The van der Waals surface area contributed by atoms with Crippen LogP contribution < -0.4 is 0 Å². The first-order chi connectivity index (χ1) is 7.08. The summed E-state index contributed by atoms with van der Waals surface area (Å²) in [5.74, 6) is -0.309. The van der Waals surface area contributed by atoms with Crippen molar-refractivity contribution in [2.75, 3.05) is 7.11 Å². The zero-order valence-electron chi connectivity index (χ0n) is 8.49. The lowest BCUT2D eigenvalue weighted by atomic mass is 9.98. The molecule has 1 fully saturated rings. The minimum Gasteiger partial charge on any atom is -0.467 e. The second kappa shape index (κ2) is 3.75. The third-order valence-electron chi connectivity index (χ3n) is 2.64. The van der Waals surface area contributed by atoms with Gasteiger partial charge in [-0.3, -0.25) is 0 Å². The number of benzene rings is 1. The van der Waals surface area contributed by atoms with E-state index in [2.05, 4.69) is 27.3 Å². The highest BCUT2D eigenvalue weighted by Gasteiger charge is 2.59. The number of carbonyl (C=O) groups excluding carboxylic acids is 1. The standard InChI is InChI=1S/C11H11IO3/c1-11(9(15-11)10(13)14-2)7-3-5-8(12)6-4-7/h3-6,9H,1-2H3. The van der Waals surface area contributed by atoms with Crippen molar-refractivity contribution in [3.63, 3.8) is 0 Å². The van der Waals surface area contributed by atoms with Crippen LogP contribution in [0.15, 0.2) is 24.3 Å². The zero-order chi connectivity index (χ0) is 11.1. The average Bonchev–Trinajstić information content (AvgIpc) is 2.92. The van der Waals surface area contributed by atoms with Gasteiger partial charge in [0.05, 0.1) is 7.11 Å². The van der Waals surface area contributed by atoms with Crippen LogP contribution in [0, 0.1) is 3.57 Å². The molecule has 0 amide bonds. The van der Waals surface area contributed by atoms with Crippen molar-refractivity contribution in [1.82, 2.24) is 0 Å². The smallest absolute Gasteiger partial charge is 0.338 e. The summed E-state index contributed by atoms with van der Waals surface area (Å²) in [7, 11) is 1.37. The van der Waals surface area contributed by atoms with E-state index in [4.69, 9.17) is 4.74 Å². The molecule has 2 rings (SSSR count). The molecular weight excluding hydrogens is 307 g/mol. The number of methoxy groups -OCH3 is 1. The molecule has 0 N–H and O–H groups in total. The van der Waals surface area contributed by atoms with Crippen LogP contribution in [-0.2, 0) is 19.9 Å². The van der Waals surface area contributed by atoms with E-state index in [9.17, 15) is 4.79 Å². The van der Waals surface area contributed by atoms with Gasteiger partial charge < -0.3 is 9.47 Å². The van der Waals surface area contributed by atoms with Crippen LogP contribution in [0.5, 0.6) is 0 Å². The minimum atomic E-state index is -0.503. The van der Waals surface area contributed by atoms with Crippen LogP contribution in [0.1, 0.15) is 12.5 Å². The summed E-state index contributed by atoms with van der Waals surface area (Å²) in [6.07, 6.45) is -0.456. The second-order valence-corrected chi connectivity index (χ2v) is 4.88. The summed E-state index contributed by atoms with van der Waals surface area (Å²) in [5.41, 5.74) is 0.510. The first-order valence-corrected chi connectivity index (χ1v) is 5.67. The molecule has 0 radical (unpaired) electrons. The van der Waals surface area contributed by atoms with Crippen LogP contribution in [-0.4, -0.2) is 19.2 Å². The van der Waals surface area contributed by atoms with Crippen molar-refractivity contribution in [2.45, 2.75) is 18.6 Å². The van der Waals surface area contributed by atoms with Gasteiger partial charge in [0, 0.05) is 3.57 Å². The summed E-state index contributed by atoms with van der Waals surface area (Å²) in [4.78, 5) is 11.3. The molecule has 3 nitrogen and oxygen atoms in total. The molecule has 1 saturated heterocycles. The van der Waals surface area contributed by atoms with Crippen LogP contribution in [0.3, 0.4) is 0 Å². The Bertz CT molecular complexity index is 387. The van der Waals surface area contributed by atoms with Crippen LogP contribution in [0.25, 0.3) is 0 Å². The summed E-state index contributed by atoms with van der Waals surface area (Å²) >= 11 is 2.24. The molecule has 1 aromatic carbocycles. The maximum Gasteiger partial charge on any atom is 0.338 e. The topological polar surface area (TPSA) is 38.8 Å². The second-order valence-electron chi connectivity index (χ2n) is 3.63. The molecule has 2 atom stereocenters. The number of halogens is 1. The molecule has 1 aliphatic rings. The molecule has 80 valence electrons. The number of carbonyl (C=O) groups is 1. The first-order valence-electron chi connectivity index (χ1n) is 4.59. The fourth-order valence-electron chi connectivity index (χ4n) is 1.59. The van der Waals surface area contributed by atoms with E-state index in [0.29, 0.717) is 0 Å². The van der Waals surface area contributed by atoms with Gasteiger partial charge in [0.25, 0.3) is 0 Å². The fraction of sp³-hybridized carbons (Fsp3) is 0.364. The van der Waals surface area contributed by atoms with Crippen molar-refractivity contribution in [3.8, 4) is 0 Å². The van der Waals surface area contributed by atoms with Gasteiger partial charge >= 0.3 is 5.97 Å². The molecular formula is C11H11IO3. The van der Waals surface area contributed by atoms with Crippen molar-refractivity contribution in [3.05, 3.63) is 33.4 Å².